The maximum atomic E-state index is 12.5. The number of carbonyl (C=O) groups excluding carboxylic acids is 1. The number of aryl methyl sites for hydroxylation is 1. The summed E-state index contributed by atoms with van der Waals surface area (Å²) in [6, 6.07) is 14.8. The summed E-state index contributed by atoms with van der Waals surface area (Å²) in [5, 5.41) is 2.68. The van der Waals surface area contributed by atoms with Crippen molar-refractivity contribution in [3.63, 3.8) is 0 Å². The van der Waals surface area contributed by atoms with Crippen molar-refractivity contribution < 1.29 is 18.3 Å². The van der Waals surface area contributed by atoms with E-state index in [9.17, 15) is 13.6 Å². The predicted octanol–water partition coefficient (Wildman–Crippen LogP) is 4.37. The molecular formula is C20H22F2N2O2. The Kier molecular flexibility index (Phi) is 5.83. The van der Waals surface area contributed by atoms with Crippen molar-refractivity contribution in [2.45, 2.75) is 32.4 Å². The summed E-state index contributed by atoms with van der Waals surface area (Å²) in [5.74, 6) is -0.276. The molecule has 4 nitrogen and oxygen atoms in total. The minimum Gasteiger partial charge on any atom is -0.433 e. The van der Waals surface area contributed by atoms with Gasteiger partial charge in [-0.25, -0.2) is 0 Å². The fraction of sp³-hybridized carbons (Fsp3) is 0.350. The first-order valence-corrected chi connectivity index (χ1v) is 8.67. The topological polar surface area (TPSA) is 41.6 Å². The van der Waals surface area contributed by atoms with E-state index in [-0.39, 0.29) is 29.9 Å². The number of rotatable bonds is 6. The molecule has 138 valence electrons. The van der Waals surface area contributed by atoms with E-state index < -0.39 is 6.61 Å². The van der Waals surface area contributed by atoms with Gasteiger partial charge < -0.3 is 10.1 Å². The molecule has 1 unspecified atom stereocenters. The Bertz CT molecular complexity index is 750. The third-order valence-corrected chi connectivity index (χ3v) is 4.55. The zero-order valence-electron chi connectivity index (χ0n) is 14.6. The molecule has 0 aliphatic carbocycles. The van der Waals surface area contributed by atoms with Crippen molar-refractivity contribution in [1.29, 1.82) is 0 Å². The number of nitrogens with one attached hydrogen (secondary N) is 1. The van der Waals surface area contributed by atoms with E-state index in [0.717, 1.165) is 19.4 Å². The minimum atomic E-state index is -2.93. The van der Waals surface area contributed by atoms with Gasteiger partial charge in [0.1, 0.15) is 5.75 Å². The molecule has 0 radical (unpaired) electrons. The average molecular weight is 360 g/mol. The molecule has 1 heterocycles. The van der Waals surface area contributed by atoms with Crippen molar-refractivity contribution in [2.75, 3.05) is 18.4 Å². The molecule has 2 aromatic carbocycles. The lowest BCUT2D eigenvalue weighted by molar-refractivity contribution is -0.117. The minimum absolute atomic E-state index is 0.0349. The monoisotopic (exact) mass is 360 g/mol. The first kappa shape index (κ1) is 18.3. The van der Waals surface area contributed by atoms with Gasteiger partial charge in [0.15, 0.2) is 0 Å². The van der Waals surface area contributed by atoms with Gasteiger partial charge in [-0.05, 0) is 44.0 Å². The van der Waals surface area contributed by atoms with E-state index in [4.69, 9.17) is 0 Å². The molecule has 1 saturated heterocycles. The molecule has 0 saturated carbocycles. The number of nitrogens with zero attached hydrogens (tertiary/aromatic N) is 1. The van der Waals surface area contributed by atoms with Gasteiger partial charge in [-0.15, -0.1) is 0 Å². The summed E-state index contributed by atoms with van der Waals surface area (Å²) in [6.45, 7) is 0.156. The molecule has 1 amide bonds. The van der Waals surface area contributed by atoms with Crippen LogP contribution in [0.4, 0.5) is 14.5 Å². The highest BCUT2D eigenvalue weighted by Crippen LogP contribution is 2.32. The van der Waals surface area contributed by atoms with Crippen molar-refractivity contribution in [2.24, 2.45) is 0 Å². The SMILES string of the molecule is Cc1ccc(C2CCCN2CC(=O)Nc2ccccc2OC(F)F)cc1. The summed E-state index contributed by atoms with van der Waals surface area (Å²) in [6.07, 6.45) is 2.03. The van der Waals surface area contributed by atoms with Crippen LogP contribution in [0.5, 0.6) is 5.75 Å². The number of halogens is 2. The fourth-order valence-electron chi connectivity index (χ4n) is 3.32. The van der Waals surface area contributed by atoms with Gasteiger partial charge >= 0.3 is 6.61 Å². The molecule has 26 heavy (non-hydrogen) atoms. The predicted molar refractivity (Wildman–Crippen MR) is 96.4 cm³/mol. The second kappa shape index (κ2) is 8.27. The zero-order valence-corrected chi connectivity index (χ0v) is 14.6. The molecule has 1 aliphatic rings. The summed E-state index contributed by atoms with van der Waals surface area (Å²) in [4.78, 5) is 14.6. The van der Waals surface area contributed by atoms with Gasteiger partial charge in [0.25, 0.3) is 0 Å². The van der Waals surface area contributed by atoms with Gasteiger partial charge in [-0.2, -0.15) is 8.78 Å². The van der Waals surface area contributed by atoms with Crippen molar-refractivity contribution in [1.82, 2.24) is 4.90 Å². The number of ether oxygens (including phenoxy) is 1. The Morgan fingerprint density at radius 2 is 1.96 bits per heavy atom. The van der Waals surface area contributed by atoms with Crippen LogP contribution >= 0.6 is 0 Å². The highest BCUT2D eigenvalue weighted by Gasteiger charge is 2.27. The maximum Gasteiger partial charge on any atom is 0.387 e. The van der Waals surface area contributed by atoms with Crippen LogP contribution in [0, 0.1) is 6.92 Å². The Labute approximate surface area is 151 Å². The summed E-state index contributed by atoms with van der Waals surface area (Å²) in [7, 11) is 0. The van der Waals surface area contributed by atoms with E-state index >= 15 is 0 Å². The third kappa shape index (κ3) is 4.58. The molecule has 0 spiro atoms. The largest absolute Gasteiger partial charge is 0.433 e. The Morgan fingerprint density at radius 1 is 1.23 bits per heavy atom. The van der Waals surface area contributed by atoms with Gasteiger partial charge in [-0.3, -0.25) is 9.69 Å². The molecule has 1 fully saturated rings. The standard InChI is InChI=1S/C20H22F2N2O2/c1-14-8-10-15(11-9-14)17-6-4-12-24(17)13-19(25)23-16-5-2-3-7-18(16)26-20(21)22/h2-3,5,7-11,17,20H,4,6,12-13H2,1H3,(H,23,25). The molecule has 3 rings (SSSR count). The second-order valence-electron chi connectivity index (χ2n) is 6.46. The van der Waals surface area contributed by atoms with Crippen LogP contribution in [0.25, 0.3) is 0 Å². The second-order valence-corrected chi connectivity index (χ2v) is 6.46. The molecule has 1 atom stereocenters. The van der Waals surface area contributed by atoms with Gasteiger partial charge in [0.05, 0.1) is 12.2 Å². The third-order valence-electron chi connectivity index (χ3n) is 4.55. The van der Waals surface area contributed by atoms with Crippen molar-refractivity contribution >= 4 is 11.6 Å². The molecule has 1 aliphatic heterocycles. The summed E-state index contributed by atoms with van der Waals surface area (Å²) in [5.41, 5.74) is 2.65. The number of para-hydroxylation sites is 2. The highest BCUT2D eigenvalue weighted by molar-refractivity contribution is 5.93. The molecule has 0 aromatic heterocycles. The van der Waals surface area contributed by atoms with Crippen LogP contribution in [-0.4, -0.2) is 30.5 Å². The zero-order chi connectivity index (χ0) is 18.5. The summed E-state index contributed by atoms with van der Waals surface area (Å²) < 4.78 is 29.4. The van der Waals surface area contributed by atoms with Crippen LogP contribution in [0.15, 0.2) is 48.5 Å². The Hall–Kier alpha value is -2.47. The lowest BCUT2D eigenvalue weighted by Crippen LogP contribution is -2.33. The number of likely N-dealkylation sites (tertiary alicyclic amines) is 1. The van der Waals surface area contributed by atoms with Crippen LogP contribution < -0.4 is 10.1 Å². The fourth-order valence-corrected chi connectivity index (χ4v) is 3.32. The number of alkyl halides is 2. The molecule has 6 heteroatoms. The van der Waals surface area contributed by atoms with E-state index in [2.05, 4.69) is 39.2 Å². The lowest BCUT2D eigenvalue weighted by Gasteiger charge is -2.24. The molecular weight excluding hydrogens is 338 g/mol. The van der Waals surface area contributed by atoms with Gasteiger partial charge in [-0.1, -0.05) is 42.0 Å². The van der Waals surface area contributed by atoms with Gasteiger partial charge in [0.2, 0.25) is 5.91 Å². The van der Waals surface area contributed by atoms with Gasteiger partial charge in [0, 0.05) is 6.04 Å². The van der Waals surface area contributed by atoms with E-state index in [1.54, 1.807) is 18.2 Å². The first-order valence-electron chi connectivity index (χ1n) is 8.67. The van der Waals surface area contributed by atoms with Crippen molar-refractivity contribution in [3.8, 4) is 5.75 Å². The van der Waals surface area contributed by atoms with Crippen molar-refractivity contribution in [3.05, 3.63) is 59.7 Å². The molecule has 0 bridgehead atoms. The lowest BCUT2D eigenvalue weighted by atomic mass is 10.0. The van der Waals surface area contributed by atoms with E-state index in [0.29, 0.717) is 0 Å². The molecule has 1 N–H and O–H groups in total. The number of benzene rings is 2. The van der Waals surface area contributed by atoms with Crippen LogP contribution in [0.2, 0.25) is 0 Å². The number of anilines is 1. The number of hydrogen-bond acceptors (Lipinski definition) is 3. The first-order chi connectivity index (χ1) is 12.5. The smallest absolute Gasteiger partial charge is 0.387 e. The maximum absolute atomic E-state index is 12.5. The van der Waals surface area contributed by atoms with Crippen LogP contribution in [0.1, 0.15) is 30.0 Å². The number of amides is 1. The summed E-state index contributed by atoms with van der Waals surface area (Å²) >= 11 is 0. The molecule has 2 aromatic rings. The quantitative estimate of drug-likeness (QED) is 0.832. The Morgan fingerprint density at radius 3 is 2.69 bits per heavy atom. The Balaban J connectivity index is 1.65. The highest BCUT2D eigenvalue weighted by atomic mass is 19.3. The van der Waals surface area contributed by atoms with Crippen LogP contribution in [0.3, 0.4) is 0 Å². The average Bonchev–Trinajstić information content (AvgIpc) is 3.05. The normalized spacial score (nSPS) is 17.5. The van der Waals surface area contributed by atoms with Crippen LogP contribution in [-0.2, 0) is 4.79 Å². The number of carbonyl (C=O) groups is 1. The van der Waals surface area contributed by atoms with E-state index in [1.165, 1.54) is 17.2 Å². The van der Waals surface area contributed by atoms with E-state index in [1.807, 2.05) is 6.92 Å². The number of hydrogen-bond donors (Lipinski definition) is 1.